The molecule has 1 heterocycles. The van der Waals surface area contributed by atoms with Crippen molar-refractivity contribution < 1.29 is 0 Å². The topological polar surface area (TPSA) is 60.5 Å². The fourth-order valence-electron chi connectivity index (χ4n) is 0.724. The van der Waals surface area contributed by atoms with Crippen molar-refractivity contribution in [3.05, 3.63) is 29.0 Å². The summed E-state index contributed by atoms with van der Waals surface area (Å²) in [6.45, 7) is 0. The lowest BCUT2D eigenvalue weighted by Crippen LogP contribution is -1.99. The fourth-order valence-corrected chi connectivity index (χ4v) is 0.836. The first kappa shape index (κ1) is 8.69. The van der Waals surface area contributed by atoms with Gasteiger partial charge in [0.1, 0.15) is 0 Å². The van der Waals surface area contributed by atoms with Crippen LogP contribution in [-0.2, 0) is 0 Å². The maximum atomic E-state index is 8.31. The van der Waals surface area contributed by atoms with Crippen LogP contribution >= 0.6 is 11.6 Å². The number of halogens is 1. The van der Waals surface area contributed by atoms with E-state index in [1.165, 1.54) is 6.20 Å². The van der Waals surface area contributed by atoms with Crippen LogP contribution in [0, 0.1) is 16.7 Å². The standard InChI is InChI=1S/C8H6ClN3/c9-6-1-2-8(12-5-6)7(11)3-4-10/h1-2,5,11H,3H2. The van der Waals surface area contributed by atoms with Crippen LogP contribution in [0.3, 0.4) is 0 Å². The molecule has 1 rings (SSSR count). The molecular formula is C8H6ClN3. The molecule has 1 N–H and O–H groups in total. The average molecular weight is 180 g/mol. The highest BCUT2D eigenvalue weighted by Gasteiger charge is 2.00. The second-order valence-electron chi connectivity index (χ2n) is 2.18. The smallest absolute Gasteiger partial charge is 0.0849 e. The zero-order valence-corrected chi connectivity index (χ0v) is 6.97. The minimum Gasteiger partial charge on any atom is -0.302 e. The molecule has 1 aromatic rings. The van der Waals surface area contributed by atoms with Crippen molar-refractivity contribution in [2.24, 2.45) is 0 Å². The number of pyridine rings is 1. The van der Waals surface area contributed by atoms with Gasteiger partial charge >= 0.3 is 0 Å². The van der Waals surface area contributed by atoms with Crippen LogP contribution in [0.25, 0.3) is 0 Å². The normalized spacial score (nSPS) is 9.00. The molecule has 0 aliphatic rings. The molecule has 3 nitrogen and oxygen atoms in total. The number of rotatable bonds is 2. The van der Waals surface area contributed by atoms with Crippen molar-refractivity contribution in [2.75, 3.05) is 0 Å². The minimum atomic E-state index is 0.0780. The summed E-state index contributed by atoms with van der Waals surface area (Å²) in [5.74, 6) is 0. The SMILES string of the molecule is N#CCC(=N)c1ccc(Cl)cn1. The largest absolute Gasteiger partial charge is 0.302 e. The van der Waals surface area contributed by atoms with Gasteiger partial charge in [0.25, 0.3) is 0 Å². The van der Waals surface area contributed by atoms with Gasteiger partial charge in [-0.05, 0) is 12.1 Å². The molecule has 0 unspecified atom stereocenters. The lowest BCUT2D eigenvalue weighted by molar-refractivity contribution is 1.23. The van der Waals surface area contributed by atoms with Crippen LogP contribution in [0.1, 0.15) is 12.1 Å². The molecule has 0 saturated heterocycles. The minimum absolute atomic E-state index is 0.0780. The second kappa shape index (κ2) is 3.84. The third kappa shape index (κ3) is 2.04. The summed E-state index contributed by atoms with van der Waals surface area (Å²) < 4.78 is 0. The van der Waals surface area contributed by atoms with E-state index in [1.807, 2.05) is 6.07 Å². The summed E-state index contributed by atoms with van der Waals surface area (Å²) in [5, 5.41) is 16.2. The monoisotopic (exact) mass is 179 g/mol. The summed E-state index contributed by atoms with van der Waals surface area (Å²) >= 11 is 5.60. The second-order valence-corrected chi connectivity index (χ2v) is 2.61. The molecule has 0 spiro atoms. The first-order chi connectivity index (χ1) is 5.74. The van der Waals surface area contributed by atoms with Gasteiger partial charge < -0.3 is 5.41 Å². The van der Waals surface area contributed by atoms with E-state index in [2.05, 4.69) is 4.98 Å². The summed E-state index contributed by atoms with van der Waals surface area (Å²) in [6.07, 6.45) is 1.54. The molecule has 0 amide bonds. The van der Waals surface area contributed by atoms with Gasteiger partial charge in [0.2, 0.25) is 0 Å². The molecule has 0 aliphatic carbocycles. The molecule has 0 saturated carbocycles. The summed E-state index contributed by atoms with van der Waals surface area (Å²) in [4.78, 5) is 3.89. The Morgan fingerprint density at radius 2 is 2.42 bits per heavy atom. The van der Waals surface area contributed by atoms with Crippen molar-refractivity contribution in [1.29, 1.82) is 10.7 Å². The van der Waals surface area contributed by atoms with E-state index >= 15 is 0 Å². The summed E-state index contributed by atoms with van der Waals surface area (Å²) in [6, 6.07) is 5.16. The fraction of sp³-hybridized carbons (Fsp3) is 0.125. The van der Waals surface area contributed by atoms with E-state index in [4.69, 9.17) is 22.3 Å². The maximum Gasteiger partial charge on any atom is 0.0849 e. The molecule has 4 heteroatoms. The van der Waals surface area contributed by atoms with E-state index in [9.17, 15) is 0 Å². The van der Waals surface area contributed by atoms with Crippen molar-refractivity contribution in [1.82, 2.24) is 4.98 Å². The van der Waals surface area contributed by atoms with Crippen molar-refractivity contribution >= 4 is 17.3 Å². The number of nitrogens with one attached hydrogen (secondary N) is 1. The average Bonchev–Trinajstić information content (AvgIpc) is 2.06. The lowest BCUT2D eigenvalue weighted by atomic mass is 10.2. The van der Waals surface area contributed by atoms with E-state index < -0.39 is 0 Å². The Morgan fingerprint density at radius 3 is 2.92 bits per heavy atom. The molecule has 0 atom stereocenters. The number of aromatic nitrogens is 1. The van der Waals surface area contributed by atoms with Gasteiger partial charge in [-0.25, -0.2) is 0 Å². The Kier molecular flexibility index (Phi) is 2.78. The van der Waals surface area contributed by atoms with Gasteiger partial charge in [0.15, 0.2) is 0 Å². The van der Waals surface area contributed by atoms with Gasteiger partial charge in [-0.1, -0.05) is 11.6 Å². The van der Waals surface area contributed by atoms with E-state index in [-0.39, 0.29) is 12.1 Å². The molecule has 0 fully saturated rings. The van der Waals surface area contributed by atoms with Crippen LogP contribution in [0.5, 0.6) is 0 Å². The van der Waals surface area contributed by atoms with E-state index in [1.54, 1.807) is 12.1 Å². The molecule has 60 valence electrons. The zero-order valence-electron chi connectivity index (χ0n) is 6.21. The first-order valence-electron chi connectivity index (χ1n) is 3.30. The molecule has 12 heavy (non-hydrogen) atoms. The third-order valence-corrected chi connectivity index (χ3v) is 1.52. The Morgan fingerprint density at radius 1 is 1.67 bits per heavy atom. The van der Waals surface area contributed by atoms with Crippen LogP contribution in [0.2, 0.25) is 5.02 Å². The first-order valence-corrected chi connectivity index (χ1v) is 3.68. The quantitative estimate of drug-likeness (QED) is 0.706. The highest BCUT2D eigenvalue weighted by atomic mass is 35.5. The van der Waals surface area contributed by atoms with Gasteiger partial charge in [-0.3, -0.25) is 4.98 Å². The summed E-state index contributed by atoms with van der Waals surface area (Å²) in [5.41, 5.74) is 0.718. The van der Waals surface area contributed by atoms with Gasteiger partial charge in [-0.15, -0.1) is 0 Å². The molecule has 0 bridgehead atoms. The van der Waals surface area contributed by atoms with Crippen molar-refractivity contribution in [3.63, 3.8) is 0 Å². The van der Waals surface area contributed by atoms with Crippen LogP contribution in [-0.4, -0.2) is 10.7 Å². The van der Waals surface area contributed by atoms with Crippen molar-refractivity contribution in [3.8, 4) is 6.07 Å². The Hall–Kier alpha value is -1.40. The van der Waals surface area contributed by atoms with Gasteiger partial charge in [0, 0.05) is 6.20 Å². The molecule has 0 aliphatic heterocycles. The number of hydrogen-bond donors (Lipinski definition) is 1. The molecule has 0 aromatic carbocycles. The molecular weight excluding hydrogens is 174 g/mol. The highest BCUT2D eigenvalue weighted by molar-refractivity contribution is 6.30. The number of nitrogens with zero attached hydrogens (tertiary/aromatic N) is 2. The number of nitriles is 1. The zero-order chi connectivity index (χ0) is 8.97. The van der Waals surface area contributed by atoms with E-state index in [0.717, 1.165) is 0 Å². The van der Waals surface area contributed by atoms with Crippen LogP contribution in [0.15, 0.2) is 18.3 Å². The lowest BCUT2D eigenvalue weighted by Gasteiger charge is -1.96. The van der Waals surface area contributed by atoms with Crippen molar-refractivity contribution in [2.45, 2.75) is 6.42 Å². The Bertz CT molecular complexity index is 323. The third-order valence-electron chi connectivity index (χ3n) is 1.29. The highest BCUT2D eigenvalue weighted by Crippen LogP contribution is 2.07. The van der Waals surface area contributed by atoms with Crippen LogP contribution in [0.4, 0.5) is 0 Å². The molecule has 1 aromatic heterocycles. The van der Waals surface area contributed by atoms with Gasteiger partial charge in [0.05, 0.1) is 28.9 Å². The number of hydrogen-bond acceptors (Lipinski definition) is 3. The molecule has 0 radical (unpaired) electrons. The Balaban J connectivity index is 2.84. The predicted octanol–water partition coefficient (Wildman–Crippen LogP) is 2.02. The summed E-state index contributed by atoms with van der Waals surface area (Å²) in [7, 11) is 0. The van der Waals surface area contributed by atoms with E-state index in [0.29, 0.717) is 10.7 Å². The predicted molar refractivity (Wildman–Crippen MR) is 46.3 cm³/mol. The maximum absolute atomic E-state index is 8.31. The Labute approximate surface area is 75.1 Å². The van der Waals surface area contributed by atoms with Crippen LogP contribution < -0.4 is 0 Å². The van der Waals surface area contributed by atoms with Gasteiger partial charge in [-0.2, -0.15) is 5.26 Å².